The van der Waals surface area contributed by atoms with Crippen LogP contribution in [0.15, 0.2) is 52.5 Å². The van der Waals surface area contributed by atoms with E-state index < -0.39 is 20.0 Å². The molecule has 0 bridgehead atoms. The van der Waals surface area contributed by atoms with Crippen LogP contribution >= 0.6 is 11.6 Å². The predicted octanol–water partition coefficient (Wildman–Crippen LogP) is 1.18. The first-order valence-corrected chi connectivity index (χ1v) is 8.86. The fourth-order valence-electron chi connectivity index (χ4n) is 1.51. The zero-order chi connectivity index (χ0) is 15.7. The van der Waals surface area contributed by atoms with E-state index in [0.29, 0.717) is 0 Å². The van der Waals surface area contributed by atoms with Crippen molar-refractivity contribution in [3.8, 4) is 0 Å². The van der Waals surface area contributed by atoms with Gasteiger partial charge in [-0.2, -0.15) is 0 Å². The highest BCUT2D eigenvalue weighted by Gasteiger charge is 2.19. The summed E-state index contributed by atoms with van der Waals surface area (Å²) in [6.45, 7) is 0. The minimum Gasteiger partial charge on any atom is -0.279 e. The average molecular weight is 348 g/mol. The Bertz CT molecular complexity index is 882. The van der Waals surface area contributed by atoms with Gasteiger partial charge in [-0.25, -0.2) is 22.0 Å². The quantitative estimate of drug-likeness (QED) is 0.860. The van der Waals surface area contributed by atoms with E-state index in [1.54, 1.807) is 0 Å². The van der Waals surface area contributed by atoms with Crippen molar-refractivity contribution in [1.82, 2.24) is 4.98 Å². The molecule has 2 rings (SSSR count). The van der Waals surface area contributed by atoms with Gasteiger partial charge >= 0.3 is 0 Å². The summed E-state index contributed by atoms with van der Waals surface area (Å²) in [4.78, 5) is 3.27. The van der Waals surface area contributed by atoms with Gasteiger partial charge in [0.1, 0.15) is 4.90 Å². The van der Waals surface area contributed by atoms with Gasteiger partial charge < -0.3 is 0 Å². The zero-order valence-corrected chi connectivity index (χ0v) is 12.8. The van der Waals surface area contributed by atoms with Gasteiger partial charge in [-0.05, 0) is 24.3 Å². The predicted molar refractivity (Wildman–Crippen MR) is 77.9 cm³/mol. The monoisotopic (exact) mass is 347 g/mol. The SMILES string of the molecule is NS(=O)(=O)c1cccc(NS(=O)(=O)c2cnccc2Cl)c1. The second kappa shape index (κ2) is 5.60. The molecule has 112 valence electrons. The molecule has 0 amide bonds. The van der Waals surface area contributed by atoms with Gasteiger partial charge in [0.05, 0.1) is 15.6 Å². The molecule has 1 aromatic heterocycles. The summed E-state index contributed by atoms with van der Waals surface area (Å²) in [5, 5.41) is 4.99. The Balaban J connectivity index is 2.41. The van der Waals surface area contributed by atoms with E-state index in [1.807, 2.05) is 0 Å². The number of halogens is 1. The molecule has 0 spiro atoms. The van der Waals surface area contributed by atoms with Gasteiger partial charge in [0.25, 0.3) is 10.0 Å². The largest absolute Gasteiger partial charge is 0.279 e. The summed E-state index contributed by atoms with van der Waals surface area (Å²) in [6, 6.07) is 6.44. The molecule has 0 fully saturated rings. The fourth-order valence-corrected chi connectivity index (χ4v) is 3.55. The fraction of sp³-hybridized carbons (Fsp3) is 0. The van der Waals surface area contributed by atoms with Gasteiger partial charge in [0.15, 0.2) is 0 Å². The second-order valence-electron chi connectivity index (χ2n) is 3.98. The molecule has 0 aliphatic carbocycles. The molecule has 1 heterocycles. The van der Waals surface area contributed by atoms with Crippen molar-refractivity contribution < 1.29 is 16.8 Å². The van der Waals surface area contributed by atoms with Crippen molar-refractivity contribution in [2.45, 2.75) is 9.79 Å². The van der Waals surface area contributed by atoms with Crippen LogP contribution in [0.4, 0.5) is 5.69 Å². The number of benzene rings is 1. The maximum Gasteiger partial charge on any atom is 0.264 e. The molecule has 21 heavy (non-hydrogen) atoms. The lowest BCUT2D eigenvalue weighted by atomic mass is 10.3. The Hall–Kier alpha value is -1.68. The number of hydrogen-bond donors (Lipinski definition) is 2. The lowest BCUT2D eigenvalue weighted by Gasteiger charge is -2.09. The molecule has 0 atom stereocenters. The third-order valence-corrected chi connectivity index (χ3v) is 5.20. The number of hydrogen-bond acceptors (Lipinski definition) is 5. The van der Waals surface area contributed by atoms with E-state index in [0.717, 1.165) is 12.3 Å². The first kappa shape index (κ1) is 15.7. The van der Waals surface area contributed by atoms with Crippen molar-refractivity contribution in [2.75, 3.05) is 4.72 Å². The summed E-state index contributed by atoms with van der Waals surface area (Å²) in [6.07, 6.45) is 2.44. The lowest BCUT2D eigenvalue weighted by Crippen LogP contribution is -2.15. The molecule has 7 nitrogen and oxygen atoms in total. The smallest absolute Gasteiger partial charge is 0.264 e. The number of sulfonamides is 2. The van der Waals surface area contributed by atoms with E-state index in [1.165, 1.54) is 30.5 Å². The Morgan fingerprint density at radius 2 is 1.86 bits per heavy atom. The van der Waals surface area contributed by atoms with Gasteiger partial charge in [-0.1, -0.05) is 17.7 Å². The van der Waals surface area contributed by atoms with Crippen LogP contribution in [-0.2, 0) is 20.0 Å². The third kappa shape index (κ3) is 3.70. The van der Waals surface area contributed by atoms with E-state index >= 15 is 0 Å². The molecule has 0 unspecified atom stereocenters. The summed E-state index contributed by atoms with van der Waals surface area (Å²) < 4.78 is 49.0. The van der Waals surface area contributed by atoms with Gasteiger partial charge in [-0.15, -0.1) is 0 Å². The normalized spacial score (nSPS) is 12.1. The molecule has 1 aromatic carbocycles. The average Bonchev–Trinajstić information content (AvgIpc) is 2.37. The van der Waals surface area contributed by atoms with E-state index in [2.05, 4.69) is 9.71 Å². The van der Waals surface area contributed by atoms with Crippen molar-refractivity contribution in [3.05, 3.63) is 47.7 Å². The minimum atomic E-state index is -3.99. The molecule has 2 aromatic rings. The van der Waals surface area contributed by atoms with Crippen LogP contribution in [0.3, 0.4) is 0 Å². The van der Waals surface area contributed by atoms with Crippen LogP contribution in [0.1, 0.15) is 0 Å². The highest BCUT2D eigenvalue weighted by molar-refractivity contribution is 7.92. The third-order valence-electron chi connectivity index (χ3n) is 2.44. The topological polar surface area (TPSA) is 119 Å². The molecular formula is C11H10ClN3O4S2. The van der Waals surface area contributed by atoms with Gasteiger partial charge in [0.2, 0.25) is 10.0 Å². The number of rotatable bonds is 4. The molecule has 0 radical (unpaired) electrons. The van der Waals surface area contributed by atoms with Crippen LogP contribution in [0.25, 0.3) is 0 Å². The lowest BCUT2D eigenvalue weighted by molar-refractivity contribution is 0.596. The number of aromatic nitrogens is 1. The van der Waals surface area contributed by atoms with Crippen molar-refractivity contribution in [2.24, 2.45) is 5.14 Å². The van der Waals surface area contributed by atoms with Gasteiger partial charge in [-0.3, -0.25) is 9.71 Å². The number of anilines is 1. The van der Waals surface area contributed by atoms with Crippen LogP contribution in [0.5, 0.6) is 0 Å². The molecule has 0 aliphatic rings. The van der Waals surface area contributed by atoms with Crippen molar-refractivity contribution in [3.63, 3.8) is 0 Å². The number of nitrogens with two attached hydrogens (primary N) is 1. The highest BCUT2D eigenvalue weighted by Crippen LogP contribution is 2.23. The Kier molecular flexibility index (Phi) is 4.19. The molecule has 10 heteroatoms. The Morgan fingerprint density at radius 1 is 1.14 bits per heavy atom. The maximum atomic E-state index is 12.2. The van der Waals surface area contributed by atoms with Crippen LogP contribution in [0.2, 0.25) is 5.02 Å². The molecule has 0 saturated heterocycles. The van der Waals surface area contributed by atoms with E-state index in [-0.39, 0.29) is 20.5 Å². The number of pyridine rings is 1. The maximum absolute atomic E-state index is 12.2. The van der Waals surface area contributed by atoms with Gasteiger partial charge in [0, 0.05) is 12.4 Å². The molecule has 0 saturated carbocycles. The molecule has 0 aliphatic heterocycles. The highest BCUT2D eigenvalue weighted by atomic mass is 35.5. The summed E-state index contributed by atoms with van der Waals surface area (Å²) in [7, 11) is -7.91. The van der Waals surface area contributed by atoms with E-state index in [4.69, 9.17) is 16.7 Å². The second-order valence-corrected chi connectivity index (χ2v) is 7.60. The van der Waals surface area contributed by atoms with E-state index in [9.17, 15) is 16.8 Å². The Morgan fingerprint density at radius 3 is 2.48 bits per heavy atom. The van der Waals surface area contributed by atoms with Crippen LogP contribution in [-0.4, -0.2) is 21.8 Å². The van der Waals surface area contributed by atoms with Crippen molar-refractivity contribution in [1.29, 1.82) is 0 Å². The number of primary sulfonamides is 1. The molecular weight excluding hydrogens is 338 g/mol. The standard InChI is InChI=1S/C11H10ClN3O4S2/c12-10-4-5-14-7-11(10)21(18,19)15-8-2-1-3-9(6-8)20(13,16)17/h1-7,15H,(H2,13,16,17). The first-order chi connectivity index (χ1) is 9.70. The zero-order valence-electron chi connectivity index (χ0n) is 10.4. The molecule has 3 N–H and O–H groups in total. The van der Waals surface area contributed by atoms with Crippen LogP contribution in [0, 0.1) is 0 Å². The van der Waals surface area contributed by atoms with Crippen molar-refractivity contribution >= 4 is 37.3 Å². The number of nitrogens with one attached hydrogen (secondary N) is 1. The number of nitrogens with zero attached hydrogens (tertiary/aromatic N) is 1. The summed E-state index contributed by atoms with van der Waals surface area (Å²) in [5.74, 6) is 0. The van der Waals surface area contributed by atoms with Crippen LogP contribution < -0.4 is 9.86 Å². The minimum absolute atomic E-state index is 0.0000935. The summed E-state index contributed by atoms with van der Waals surface area (Å²) in [5.41, 5.74) is 0.0430. The first-order valence-electron chi connectivity index (χ1n) is 5.45. The summed E-state index contributed by atoms with van der Waals surface area (Å²) >= 11 is 5.80. The Labute approximate surface area is 126 Å².